The predicted octanol–water partition coefficient (Wildman–Crippen LogP) is 2.96. The highest BCUT2D eigenvalue weighted by Crippen LogP contribution is 2.29. The summed E-state index contributed by atoms with van der Waals surface area (Å²) < 4.78 is 43.7. The van der Waals surface area contributed by atoms with Crippen molar-refractivity contribution in [1.82, 2.24) is 9.29 Å². The number of carbonyl (C=O) groups excluding carboxylic acids is 1. The van der Waals surface area contributed by atoms with Crippen LogP contribution in [0, 0.1) is 6.92 Å². The molecule has 0 radical (unpaired) electrons. The molecule has 2 aromatic carbocycles. The van der Waals surface area contributed by atoms with E-state index in [0.29, 0.717) is 18.7 Å². The SMILES string of the molecule is COC(=O)c1nc(-c2ccc(C)cc2)oc1S(=O)(=O)N1CCN(c2ccc(OC)cc2)CC1. The molecule has 4 rings (SSSR count). The predicted molar refractivity (Wildman–Crippen MR) is 122 cm³/mol. The Morgan fingerprint density at radius 2 is 1.61 bits per heavy atom. The fourth-order valence-corrected chi connectivity index (χ4v) is 5.06. The lowest BCUT2D eigenvalue weighted by molar-refractivity contribution is 0.0587. The van der Waals surface area contributed by atoms with Gasteiger partial charge in [0, 0.05) is 37.4 Å². The van der Waals surface area contributed by atoms with Crippen LogP contribution in [0.25, 0.3) is 11.5 Å². The Hall–Kier alpha value is -3.37. The molecule has 1 aliphatic heterocycles. The smallest absolute Gasteiger partial charge is 0.361 e. The Kier molecular flexibility index (Phi) is 6.39. The molecule has 0 atom stereocenters. The van der Waals surface area contributed by atoms with E-state index in [1.165, 1.54) is 11.4 Å². The summed E-state index contributed by atoms with van der Waals surface area (Å²) in [5, 5.41) is -0.497. The van der Waals surface area contributed by atoms with Gasteiger partial charge in [0.15, 0.2) is 0 Å². The third kappa shape index (κ3) is 4.57. The zero-order valence-electron chi connectivity index (χ0n) is 18.6. The lowest BCUT2D eigenvalue weighted by Crippen LogP contribution is -2.48. The van der Waals surface area contributed by atoms with Gasteiger partial charge in [0.2, 0.25) is 11.6 Å². The second-order valence-corrected chi connectivity index (χ2v) is 9.44. The molecule has 0 N–H and O–H groups in total. The van der Waals surface area contributed by atoms with E-state index < -0.39 is 21.1 Å². The number of oxazole rings is 1. The molecule has 1 aliphatic rings. The van der Waals surface area contributed by atoms with Gasteiger partial charge < -0.3 is 18.8 Å². The standard InChI is InChI=1S/C23H25N3O6S/c1-16-4-6-17(7-5-16)21-24-20(22(27)31-3)23(32-21)33(28,29)26-14-12-25(13-15-26)18-8-10-19(30-2)11-9-18/h4-11H,12-15H2,1-3H3. The maximum absolute atomic E-state index is 13.4. The Bertz CT molecular complexity index is 1230. The number of hydrogen-bond donors (Lipinski definition) is 0. The van der Waals surface area contributed by atoms with Crippen LogP contribution < -0.4 is 9.64 Å². The molecule has 9 nitrogen and oxygen atoms in total. The number of sulfonamides is 1. The second-order valence-electron chi connectivity index (χ2n) is 7.60. The number of anilines is 1. The fourth-order valence-electron chi connectivity index (χ4n) is 3.62. The van der Waals surface area contributed by atoms with Crippen molar-refractivity contribution in [2.75, 3.05) is 45.3 Å². The van der Waals surface area contributed by atoms with Crippen LogP contribution >= 0.6 is 0 Å². The molecule has 3 aromatic rings. The van der Waals surface area contributed by atoms with Gasteiger partial charge in [-0.2, -0.15) is 4.31 Å². The van der Waals surface area contributed by atoms with Gasteiger partial charge in [-0.25, -0.2) is 18.2 Å². The van der Waals surface area contributed by atoms with E-state index >= 15 is 0 Å². The number of nitrogens with zero attached hydrogens (tertiary/aromatic N) is 3. The molecule has 10 heteroatoms. The number of rotatable bonds is 6. The lowest BCUT2D eigenvalue weighted by Gasteiger charge is -2.34. The van der Waals surface area contributed by atoms with Crippen LogP contribution in [0.1, 0.15) is 16.1 Å². The number of carbonyl (C=O) groups is 1. The Morgan fingerprint density at radius 1 is 0.970 bits per heavy atom. The Morgan fingerprint density at radius 3 is 2.18 bits per heavy atom. The average Bonchev–Trinajstić information content (AvgIpc) is 3.30. The minimum absolute atomic E-state index is 0.0471. The highest BCUT2D eigenvalue weighted by atomic mass is 32.2. The number of hydrogen-bond acceptors (Lipinski definition) is 8. The molecule has 0 spiro atoms. The first-order valence-corrected chi connectivity index (χ1v) is 11.8. The van der Waals surface area contributed by atoms with Crippen molar-refractivity contribution in [3.05, 3.63) is 59.8 Å². The molecule has 2 heterocycles. The van der Waals surface area contributed by atoms with E-state index in [0.717, 1.165) is 17.0 Å². The zero-order chi connectivity index (χ0) is 23.6. The van der Waals surface area contributed by atoms with Crippen molar-refractivity contribution >= 4 is 21.7 Å². The largest absolute Gasteiger partial charge is 0.497 e. The highest BCUT2D eigenvalue weighted by molar-refractivity contribution is 7.89. The van der Waals surface area contributed by atoms with Crippen molar-refractivity contribution in [2.24, 2.45) is 0 Å². The molecular formula is C23H25N3O6S. The molecule has 1 saturated heterocycles. The van der Waals surface area contributed by atoms with Crippen LogP contribution in [0.5, 0.6) is 5.75 Å². The van der Waals surface area contributed by atoms with E-state index in [4.69, 9.17) is 13.9 Å². The quantitative estimate of drug-likeness (QED) is 0.506. The van der Waals surface area contributed by atoms with E-state index in [2.05, 4.69) is 9.88 Å². The second kappa shape index (κ2) is 9.24. The van der Waals surface area contributed by atoms with E-state index in [9.17, 15) is 13.2 Å². The number of benzene rings is 2. The van der Waals surface area contributed by atoms with Crippen LogP contribution in [-0.4, -0.2) is 64.1 Å². The van der Waals surface area contributed by atoms with Crippen LogP contribution in [-0.2, 0) is 14.8 Å². The normalized spacial score (nSPS) is 14.8. The Labute approximate surface area is 192 Å². The van der Waals surface area contributed by atoms with Crippen molar-refractivity contribution in [3.8, 4) is 17.2 Å². The molecule has 0 amide bonds. The third-order valence-electron chi connectivity index (χ3n) is 5.52. The summed E-state index contributed by atoms with van der Waals surface area (Å²) in [6.07, 6.45) is 0. The molecular weight excluding hydrogens is 446 g/mol. The maximum Gasteiger partial charge on any atom is 0.361 e. The first kappa shape index (κ1) is 22.8. The van der Waals surface area contributed by atoms with E-state index in [-0.39, 0.29) is 24.7 Å². The summed E-state index contributed by atoms with van der Waals surface area (Å²) in [4.78, 5) is 18.5. The monoisotopic (exact) mass is 471 g/mol. The summed E-state index contributed by atoms with van der Waals surface area (Å²) in [6, 6.07) is 14.8. The Balaban J connectivity index is 1.58. The van der Waals surface area contributed by atoms with Crippen molar-refractivity contribution in [3.63, 3.8) is 0 Å². The zero-order valence-corrected chi connectivity index (χ0v) is 19.5. The summed E-state index contributed by atoms with van der Waals surface area (Å²) in [5.74, 6) is -0.0663. The lowest BCUT2D eigenvalue weighted by atomic mass is 10.1. The molecule has 0 unspecified atom stereocenters. The van der Waals surface area contributed by atoms with Crippen LogP contribution in [0.2, 0.25) is 0 Å². The van der Waals surface area contributed by atoms with Gasteiger partial charge >= 0.3 is 5.97 Å². The summed E-state index contributed by atoms with van der Waals surface area (Å²) in [6.45, 7) is 3.36. The first-order chi connectivity index (χ1) is 15.8. The minimum Gasteiger partial charge on any atom is -0.497 e. The molecule has 0 saturated carbocycles. The van der Waals surface area contributed by atoms with Crippen LogP contribution in [0.4, 0.5) is 5.69 Å². The van der Waals surface area contributed by atoms with Crippen LogP contribution in [0.3, 0.4) is 0 Å². The summed E-state index contributed by atoms with van der Waals surface area (Å²) >= 11 is 0. The van der Waals surface area contributed by atoms with Gasteiger partial charge in [0.1, 0.15) is 5.75 Å². The molecule has 0 bridgehead atoms. The van der Waals surface area contributed by atoms with Gasteiger partial charge in [-0.15, -0.1) is 0 Å². The molecule has 174 valence electrons. The summed E-state index contributed by atoms with van der Waals surface area (Å²) in [7, 11) is -1.32. The summed E-state index contributed by atoms with van der Waals surface area (Å²) in [5.41, 5.74) is 2.22. The first-order valence-electron chi connectivity index (χ1n) is 10.4. The van der Waals surface area contributed by atoms with Crippen molar-refractivity contribution < 1.29 is 27.1 Å². The molecule has 1 fully saturated rings. The van der Waals surface area contributed by atoms with Gasteiger partial charge in [0.25, 0.3) is 15.1 Å². The van der Waals surface area contributed by atoms with E-state index in [1.807, 2.05) is 43.3 Å². The number of esters is 1. The number of piperazine rings is 1. The molecule has 1 aromatic heterocycles. The van der Waals surface area contributed by atoms with Crippen molar-refractivity contribution in [2.45, 2.75) is 12.0 Å². The number of aromatic nitrogens is 1. The van der Waals surface area contributed by atoms with Gasteiger partial charge in [-0.3, -0.25) is 0 Å². The fraction of sp³-hybridized carbons (Fsp3) is 0.304. The minimum atomic E-state index is -4.10. The van der Waals surface area contributed by atoms with Crippen molar-refractivity contribution in [1.29, 1.82) is 0 Å². The van der Waals surface area contributed by atoms with Crippen LogP contribution in [0.15, 0.2) is 58.0 Å². The van der Waals surface area contributed by atoms with Gasteiger partial charge in [-0.05, 0) is 43.3 Å². The maximum atomic E-state index is 13.4. The molecule has 0 aliphatic carbocycles. The van der Waals surface area contributed by atoms with E-state index in [1.54, 1.807) is 19.2 Å². The number of aryl methyl sites for hydroxylation is 1. The van der Waals surface area contributed by atoms with Gasteiger partial charge in [0.05, 0.1) is 14.2 Å². The number of methoxy groups -OCH3 is 2. The van der Waals surface area contributed by atoms with Gasteiger partial charge in [-0.1, -0.05) is 17.7 Å². The average molecular weight is 472 g/mol. The highest BCUT2D eigenvalue weighted by Gasteiger charge is 2.37. The number of ether oxygens (including phenoxy) is 2. The third-order valence-corrected chi connectivity index (χ3v) is 7.31. The topological polar surface area (TPSA) is 102 Å². The molecule has 33 heavy (non-hydrogen) atoms.